The van der Waals surface area contributed by atoms with Gasteiger partial charge < -0.3 is 9.72 Å². The Bertz CT molecular complexity index is 668. The van der Waals surface area contributed by atoms with Crippen molar-refractivity contribution in [1.29, 1.82) is 0 Å². The highest BCUT2D eigenvalue weighted by Gasteiger charge is 2.17. The Hall–Kier alpha value is -2.10. The minimum absolute atomic E-state index is 0.0106. The Kier molecular flexibility index (Phi) is 3.93. The van der Waals surface area contributed by atoms with E-state index in [1.165, 1.54) is 7.11 Å². The van der Waals surface area contributed by atoms with Crippen LogP contribution in [0.3, 0.4) is 0 Å². The van der Waals surface area contributed by atoms with Crippen molar-refractivity contribution in [3.8, 4) is 0 Å². The Morgan fingerprint density at radius 3 is 2.55 bits per heavy atom. The molecule has 0 saturated heterocycles. The normalized spacial score (nSPS) is 11.1. The topological polar surface area (TPSA) is 59.2 Å². The number of esters is 1. The van der Waals surface area contributed by atoms with Crippen molar-refractivity contribution < 1.29 is 14.3 Å². The number of benzene rings is 1. The summed E-state index contributed by atoms with van der Waals surface area (Å²) in [7, 11) is 1.35. The van der Waals surface area contributed by atoms with Crippen LogP contribution in [0.1, 0.15) is 47.2 Å². The lowest BCUT2D eigenvalue weighted by Gasteiger charge is -2.05. The molecule has 0 atom stereocenters. The van der Waals surface area contributed by atoms with Crippen LogP contribution < -0.4 is 0 Å². The van der Waals surface area contributed by atoms with Crippen LogP contribution in [0.4, 0.5) is 0 Å². The fourth-order valence-electron chi connectivity index (χ4n) is 2.42. The molecule has 1 aromatic heterocycles. The highest BCUT2D eigenvalue weighted by Crippen LogP contribution is 2.26. The zero-order valence-corrected chi connectivity index (χ0v) is 12.2. The molecule has 0 saturated carbocycles. The van der Waals surface area contributed by atoms with Crippen LogP contribution in [-0.4, -0.2) is 23.8 Å². The minimum atomic E-state index is -0.378. The van der Waals surface area contributed by atoms with Crippen molar-refractivity contribution in [1.82, 2.24) is 4.98 Å². The maximum atomic E-state index is 11.8. The van der Waals surface area contributed by atoms with Crippen LogP contribution in [0.15, 0.2) is 18.2 Å². The van der Waals surface area contributed by atoms with Crippen molar-refractivity contribution >= 4 is 22.7 Å². The maximum absolute atomic E-state index is 11.8. The number of ether oxygens (including phenoxy) is 1. The van der Waals surface area contributed by atoms with Gasteiger partial charge >= 0.3 is 5.97 Å². The minimum Gasteiger partial charge on any atom is -0.465 e. The van der Waals surface area contributed by atoms with Crippen molar-refractivity contribution in [3.05, 3.63) is 35.0 Å². The average molecular weight is 273 g/mol. The Labute approximate surface area is 118 Å². The molecule has 2 aromatic rings. The Morgan fingerprint density at radius 1 is 1.30 bits per heavy atom. The van der Waals surface area contributed by atoms with Crippen LogP contribution in [0, 0.1) is 5.92 Å². The van der Waals surface area contributed by atoms with Gasteiger partial charge in [-0.25, -0.2) is 4.79 Å². The zero-order valence-electron chi connectivity index (χ0n) is 12.2. The lowest BCUT2D eigenvalue weighted by molar-refractivity contribution is 0.0600. The van der Waals surface area contributed by atoms with E-state index in [2.05, 4.69) is 18.8 Å². The number of methoxy groups -OCH3 is 1. The maximum Gasteiger partial charge on any atom is 0.337 e. The SMILES string of the molecule is COC(=O)c1ccc2c(CC(C)C)c(C(C)=O)[nH]c2c1. The van der Waals surface area contributed by atoms with E-state index in [4.69, 9.17) is 4.74 Å². The van der Waals surface area contributed by atoms with E-state index in [-0.39, 0.29) is 11.8 Å². The van der Waals surface area contributed by atoms with Crippen molar-refractivity contribution in [2.24, 2.45) is 5.92 Å². The zero-order chi connectivity index (χ0) is 14.9. The molecule has 0 aliphatic rings. The quantitative estimate of drug-likeness (QED) is 0.686. The number of H-pyrrole nitrogens is 1. The van der Waals surface area contributed by atoms with Crippen LogP contribution in [0.2, 0.25) is 0 Å². The second kappa shape index (κ2) is 5.49. The molecule has 1 aromatic carbocycles. The summed E-state index contributed by atoms with van der Waals surface area (Å²) in [4.78, 5) is 26.5. The van der Waals surface area contributed by atoms with Gasteiger partial charge in [-0.15, -0.1) is 0 Å². The number of rotatable bonds is 4. The second-order valence-electron chi connectivity index (χ2n) is 5.38. The fraction of sp³-hybridized carbons (Fsp3) is 0.375. The largest absolute Gasteiger partial charge is 0.465 e. The van der Waals surface area contributed by atoms with Crippen molar-refractivity contribution in [3.63, 3.8) is 0 Å². The van der Waals surface area contributed by atoms with E-state index >= 15 is 0 Å². The molecule has 0 aliphatic heterocycles. The number of carbonyl (C=O) groups excluding carboxylic acids is 2. The molecule has 20 heavy (non-hydrogen) atoms. The number of fused-ring (bicyclic) bond motifs is 1. The van der Waals surface area contributed by atoms with Gasteiger partial charge in [0.15, 0.2) is 5.78 Å². The first kappa shape index (κ1) is 14.3. The van der Waals surface area contributed by atoms with E-state index in [9.17, 15) is 9.59 Å². The third-order valence-corrected chi connectivity index (χ3v) is 3.29. The third-order valence-electron chi connectivity index (χ3n) is 3.29. The summed E-state index contributed by atoms with van der Waals surface area (Å²) in [6, 6.07) is 5.34. The monoisotopic (exact) mass is 273 g/mol. The van der Waals surface area contributed by atoms with Crippen LogP contribution in [0.5, 0.6) is 0 Å². The van der Waals surface area contributed by atoms with E-state index in [1.54, 1.807) is 19.1 Å². The molecule has 0 radical (unpaired) electrons. The fourth-order valence-corrected chi connectivity index (χ4v) is 2.42. The molecule has 0 bridgehead atoms. The molecule has 0 unspecified atom stereocenters. The van der Waals surface area contributed by atoms with E-state index in [0.29, 0.717) is 17.2 Å². The summed E-state index contributed by atoms with van der Waals surface area (Å²) in [5.41, 5.74) is 2.94. The molecule has 2 rings (SSSR count). The summed E-state index contributed by atoms with van der Waals surface area (Å²) >= 11 is 0. The highest BCUT2D eigenvalue weighted by molar-refractivity contribution is 6.02. The predicted molar refractivity (Wildman–Crippen MR) is 78.2 cm³/mol. The van der Waals surface area contributed by atoms with E-state index in [1.807, 2.05) is 6.07 Å². The smallest absolute Gasteiger partial charge is 0.337 e. The van der Waals surface area contributed by atoms with Gasteiger partial charge in [-0.05, 0) is 30.0 Å². The van der Waals surface area contributed by atoms with Gasteiger partial charge in [0.1, 0.15) is 0 Å². The van der Waals surface area contributed by atoms with Gasteiger partial charge in [-0.1, -0.05) is 19.9 Å². The molecule has 0 spiro atoms. The molecule has 1 heterocycles. The van der Waals surface area contributed by atoms with Crippen LogP contribution >= 0.6 is 0 Å². The van der Waals surface area contributed by atoms with Gasteiger partial charge in [0.25, 0.3) is 0 Å². The third kappa shape index (κ3) is 2.59. The summed E-state index contributed by atoms with van der Waals surface area (Å²) in [5.74, 6) is 0.0835. The standard InChI is InChI=1S/C16H19NO3/c1-9(2)7-13-12-6-5-11(16(19)20-4)8-14(12)17-15(13)10(3)18/h5-6,8-9,17H,7H2,1-4H3. The van der Waals surface area contributed by atoms with Crippen molar-refractivity contribution in [2.45, 2.75) is 27.2 Å². The molecule has 1 N–H and O–H groups in total. The van der Waals surface area contributed by atoms with Gasteiger partial charge in [-0.2, -0.15) is 0 Å². The molecule has 0 fully saturated rings. The van der Waals surface area contributed by atoms with Gasteiger partial charge in [0.05, 0.1) is 18.4 Å². The number of ketones is 1. The molecular formula is C16H19NO3. The number of hydrogen-bond donors (Lipinski definition) is 1. The first-order chi connectivity index (χ1) is 9.43. The number of Topliss-reactive ketones (excluding diaryl/α,β-unsaturated/α-hetero) is 1. The number of nitrogens with one attached hydrogen (secondary N) is 1. The number of hydrogen-bond acceptors (Lipinski definition) is 3. The van der Waals surface area contributed by atoms with E-state index in [0.717, 1.165) is 22.9 Å². The second-order valence-corrected chi connectivity index (χ2v) is 5.38. The first-order valence-corrected chi connectivity index (χ1v) is 6.68. The van der Waals surface area contributed by atoms with Crippen LogP contribution in [0.25, 0.3) is 10.9 Å². The summed E-state index contributed by atoms with van der Waals surface area (Å²) in [5, 5.41) is 0.997. The van der Waals surface area contributed by atoms with E-state index < -0.39 is 0 Å². The first-order valence-electron chi connectivity index (χ1n) is 6.68. The van der Waals surface area contributed by atoms with Crippen LogP contribution in [-0.2, 0) is 11.2 Å². The number of aromatic nitrogens is 1. The number of aromatic amines is 1. The van der Waals surface area contributed by atoms with Gasteiger partial charge in [0, 0.05) is 17.8 Å². The Balaban J connectivity index is 2.61. The molecular weight excluding hydrogens is 254 g/mol. The average Bonchev–Trinajstić information content (AvgIpc) is 2.75. The summed E-state index contributed by atoms with van der Waals surface area (Å²) < 4.78 is 4.71. The molecule has 106 valence electrons. The summed E-state index contributed by atoms with van der Waals surface area (Å²) in [6.45, 7) is 5.78. The molecule has 4 nitrogen and oxygen atoms in total. The molecule has 4 heteroatoms. The number of carbonyl (C=O) groups is 2. The van der Waals surface area contributed by atoms with Gasteiger partial charge in [-0.3, -0.25) is 4.79 Å². The van der Waals surface area contributed by atoms with Gasteiger partial charge in [0.2, 0.25) is 0 Å². The Morgan fingerprint density at radius 2 is 2.00 bits per heavy atom. The van der Waals surface area contributed by atoms with Crippen molar-refractivity contribution in [2.75, 3.05) is 7.11 Å². The predicted octanol–water partition coefficient (Wildman–Crippen LogP) is 3.36. The lowest BCUT2D eigenvalue weighted by Crippen LogP contribution is -2.01. The lowest BCUT2D eigenvalue weighted by atomic mass is 9.98. The summed E-state index contributed by atoms with van der Waals surface area (Å²) in [6.07, 6.45) is 0.826. The molecule has 0 aliphatic carbocycles. The highest BCUT2D eigenvalue weighted by atomic mass is 16.5. The molecule has 0 amide bonds.